The Hall–Kier alpha value is -0.720. The van der Waals surface area contributed by atoms with E-state index >= 15 is 0 Å². The summed E-state index contributed by atoms with van der Waals surface area (Å²) in [5.41, 5.74) is 6.48. The molecule has 0 saturated carbocycles. The van der Waals surface area contributed by atoms with Crippen molar-refractivity contribution in [2.75, 3.05) is 26.1 Å². The first-order chi connectivity index (χ1) is 9.13. The lowest BCUT2D eigenvalue weighted by Gasteiger charge is -2.34. The molecule has 6 heteroatoms. The first-order valence-corrected chi connectivity index (χ1v) is 7.37. The van der Waals surface area contributed by atoms with Crippen molar-refractivity contribution >= 4 is 21.7 Å². The average molecular weight is 330 g/mol. The smallest absolute Gasteiger partial charge is 0.163 e. The first kappa shape index (κ1) is 14.7. The number of rotatable bonds is 4. The van der Waals surface area contributed by atoms with Gasteiger partial charge in [0.25, 0.3) is 0 Å². The molecule has 0 bridgehead atoms. The summed E-state index contributed by atoms with van der Waals surface area (Å²) in [5, 5.41) is 0. The Morgan fingerprint density at radius 1 is 1.37 bits per heavy atom. The Balaban J connectivity index is 2.42. The molecule has 1 fully saturated rings. The third-order valence-corrected chi connectivity index (χ3v) is 4.39. The molecule has 0 radical (unpaired) electrons. The van der Waals surface area contributed by atoms with Crippen molar-refractivity contribution in [2.45, 2.75) is 38.2 Å². The molecule has 0 unspecified atom stereocenters. The molecule has 1 aromatic heterocycles. The molecule has 0 amide bonds. The van der Waals surface area contributed by atoms with Gasteiger partial charge in [-0.3, -0.25) is 0 Å². The van der Waals surface area contributed by atoms with Crippen molar-refractivity contribution in [1.29, 1.82) is 0 Å². The quantitative estimate of drug-likeness (QED) is 0.918. The van der Waals surface area contributed by atoms with Crippen LogP contribution in [0, 0.1) is 0 Å². The molecule has 5 nitrogen and oxygen atoms in total. The number of ether oxygens (including phenoxy) is 2. The number of methoxy groups -OCH3 is 1. The lowest BCUT2D eigenvalue weighted by Crippen LogP contribution is -2.37. The Kier molecular flexibility index (Phi) is 4.76. The van der Waals surface area contributed by atoms with Gasteiger partial charge in [0.15, 0.2) is 5.82 Å². The first-order valence-electron chi connectivity index (χ1n) is 6.58. The van der Waals surface area contributed by atoms with Crippen LogP contribution in [0.3, 0.4) is 0 Å². The van der Waals surface area contributed by atoms with E-state index in [0.29, 0.717) is 24.9 Å². The third kappa shape index (κ3) is 2.90. The number of aromatic nitrogens is 2. The van der Waals surface area contributed by atoms with E-state index in [1.54, 1.807) is 7.11 Å². The van der Waals surface area contributed by atoms with Crippen molar-refractivity contribution in [1.82, 2.24) is 9.97 Å². The van der Waals surface area contributed by atoms with Crippen LogP contribution in [0.15, 0.2) is 4.47 Å². The number of halogens is 1. The van der Waals surface area contributed by atoms with E-state index in [9.17, 15) is 0 Å². The number of anilines is 1. The summed E-state index contributed by atoms with van der Waals surface area (Å²) in [5.74, 6) is 1.17. The van der Waals surface area contributed by atoms with E-state index in [0.717, 1.165) is 35.8 Å². The number of nitrogens with zero attached hydrogens (tertiary/aromatic N) is 2. The summed E-state index contributed by atoms with van der Waals surface area (Å²) in [6.07, 6.45) is 3.40. The van der Waals surface area contributed by atoms with Crippen LogP contribution in [0.1, 0.15) is 37.7 Å². The second kappa shape index (κ2) is 6.15. The van der Waals surface area contributed by atoms with Gasteiger partial charge in [0.1, 0.15) is 11.4 Å². The molecule has 1 aromatic rings. The fourth-order valence-electron chi connectivity index (χ4n) is 2.34. The molecular formula is C13H20BrN3O2. The molecule has 106 valence electrons. The van der Waals surface area contributed by atoms with Crippen LogP contribution in [-0.2, 0) is 21.5 Å². The van der Waals surface area contributed by atoms with Gasteiger partial charge in [-0.2, -0.15) is 0 Å². The van der Waals surface area contributed by atoms with Crippen LogP contribution in [0.4, 0.5) is 5.82 Å². The van der Waals surface area contributed by atoms with Gasteiger partial charge in [-0.1, -0.05) is 13.3 Å². The zero-order valence-electron chi connectivity index (χ0n) is 11.4. The second-order valence-electron chi connectivity index (χ2n) is 4.75. The Morgan fingerprint density at radius 2 is 2.05 bits per heavy atom. The topological polar surface area (TPSA) is 70.3 Å². The van der Waals surface area contributed by atoms with Crippen molar-refractivity contribution in [2.24, 2.45) is 0 Å². The second-order valence-corrected chi connectivity index (χ2v) is 5.55. The molecule has 19 heavy (non-hydrogen) atoms. The summed E-state index contributed by atoms with van der Waals surface area (Å²) in [4.78, 5) is 9.09. The zero-order valence-corrected chi connectivity index (χ0v) is 13.0. The van der Waals surface area contributed by atoms with Gasteiger partial charge >= 0.3 is 0 Å². The molecule has 0 atom stereocenters. The maximum atomic E-state index is 5.99. The largest absolute Gasteiger partial charge is 0.383 e. The van der Waals surface area contributed by atoms with Crippen molar-refractivity contribution in [3.05, 3.63) is 16.0 Å². The summed E-state index contributed by atoms with van der Waals surface area (Å²) < 4.78 is 11.9. The van der Waals surface area contributed by atoms with Crippen LogP contribution in [0.25, 0.3) is 0 Å². The predicted molar refractivity (Wildman–Crippen MR) is 76.9 cm³/mol. The van der Waals surface area contributed by atoms with Crippen LogP contribution in [0.5, 0.6) is 0 Å². The standard InChI is InChI=1S/C13H20BrN3O2/c1-3-4-9-10(14)11(15)17-12(16-9)13(18-2)5-7-19-8-6-13/h3-8H2,1-2H3,(H2,15,16,17). The Labute approximate surface area is 122 Å². The summed E-state index contributed by atoms with van der Waals surface area (Å²) in [6.45, 7) is 3.44. The van der Waals surface area contributed by atoms with Gasteiger partial charge in [0, 0.05) is 33.2 Å². The number of nitrogen functional groups attached to an aromatic ring is 1. The minimum atomic E-state index is -0.463. The zero-order chi connectivity index (χ0) is 13.9. The molecule has 0 spiro atoms. The van der Waals surface area contributed by atoms with Gasteiger partial charge in [0.2, 0.25) is 0 Å². The molecule has 2 N–H and O–H groups in total. The molecule has 1 aliphatic heterocycles. The van der Waals surface area contributed by atoms with Gasteiger partial charge < -0.3 is 15.2 Å². The lowest BCUT2D eigenvalue weighted by molar-refractivity contribution is -0.1000. The SMILES string of the molecule is CCCc1nc(C2(OC)CCOCC2)nc(N)c1Br. The highest BCUT2D eigenvalue weighted by Gasteiger charge is 2.38. The van der Waals surface area contributed by atoms with Crippen LogP contribution in [0.2, 0.25) is 0 Å². The summed E-state index contributed by atoms with van der Waals surface area (Å²) in [7, 11) is 1.70. The summed E-state index contributed by atoms with van der Waals surface area (Å²) >= 11 is 3.46. The van der Waals surface area contributed by atoms with E-state index in [1.165, 1.54) is 0 Å². The van der Waals surface area contributed by atoms with Gasteiger partial charge in [0.05, 0.1) is 10.2 Å². The highest BCUT2D eigenvalue weighted by Crippen LogP contribution is 2.35. The normalized spacial score (nSPS) is 18.5. The van der Waals surface area contributed by atoms with Crippen molar-refractivity contribution in [3.8, 4) is 0 Å². The van der Waals surface area contributed by atoms with Crippen molar-refractivity contribution in [3.63, 3.8) is 0 Å². The van der Waals surface area contributed by atoms with E-state index in [2.05, 4.69) is 32.8 Å². The lowest BCUT2D eigenvalue weighted by atomic mass is 9.93. The molecule has 2 rings (SSSR count). The monoisotopic (exact) mass is 329 g/mol. The van der Waals surface area contributed by atoms with Crippen LogP contribution in [-0.4, -0.2) is 30.3 Å². The number of hydrogen-bond donors (Lipinski definition) is 1. The molecule has 1 aliphatic rings. The van der Waals surface area contributed by atoms with Gasteiger partial charge in [-0.15, -0.1) is 0 Å². The maximum absolute atomic E-state index is 5.99. The molecule has 2 heterocycles. The van der Waals surface area contributed by atoms with E-state index in [4.69, 9.17) is 15.2 Å². The van der Waals surface area contributed by atoms with Gasteiger partial charge in [-0.25, -0.2) is 9.97 Å². The predicted octanol–water partition coefficient (Wildman–Crippen LogP) is 2.43. The number of aryl methyl sites for hydroxylation is 1. The van der Waals surface area contributed by atoms with Crippen LogP contribution < -0.4 is 5.73 Å². The van der Waals surface area contributed by atoms with E-state index in [1.807, 2.05) is 0 Å². The third-order valence-electron chi connectivity index (χ3n) is 3.53. The Bertz CT molecular complexity index is 448. The Morgan fingerprint density at radius 3 is 2.63 bits per heavy atom. The molecule has 1 saturated heterocycles. The number of hydrogen-bond acceptors (Lipinski definition) is 5. The molecule has 0 aliphatic carbocycles. The van der Waals surface area contributed by atoms with Gasteiger partial charge in [-0.05, 0) is 22.4 Å². The molecular weight excluding hydrogens is 310 g/mol. The highest BCUT2D eigenvalue weighted by molar-refractivity contribution is 9.10. The average Bonchev–Trinajstić information content (AvgIpc) is 2.44. The number of nitrogens with two attached hydrogens (primary N) is 1. The van der Waals surface area contributed by atoms with E-state index in [-0.39, 0.29) is 0 Å². The fraction of sp³-hybridized carbons (Fsp3) is 0.692. The maximum Gasteiger partial charge on any atom is 0.163 e. The minimum absolute atomic E-state index is 0.463. The fourth-order valence-corrected chi connectivity index (χ4v) is 2.71. The highest BCUT2D eigenvalue weighted by atomic mass is 79.9. The van der Waals surface area contributed by atoms with Crippen molar-refractivity contribution < 1.29 is 9.47 Å². The van der Waals surface area contributed by atoms with Crippen LogP contribution >= 0.6 is 15.9 Å². The summed E-state index contributed by atoms with van der Waals surface area (Å²) in [6, 6.07) is 0. The molecule has 0 aromatic carbocycles. The minimum Gasteiger partial charge on any atom is -0.383 e. The van der Waals surface area contributed by atoms with E-state index < -0.39 is 5.60 Å².